The number of pyridine rings is 1. The quantitative estimate of drug-likeness (QED) is 0.759. The Labute approximate surface area is 87.6 Å². The molecule has 0 spiro atoms. The number of nitrogen functional groups attached to an aromatic ring is 1. The zero-order chi connectivity index (χ0) is 10.8. The van der Waals surface area contributed by atoms with Gasteiger partial charge in [-0.15, -0.1) is 0 Å². The molecule has 5 heteroatoms. The van der Waals surface area contributed by atoms with Gasteiger partial charge in [-0.05, 0) is 18.9 Å². The molecule has 15 heavy (non-hydrogen) atoms. The summed E-state index contributed by atoms with van der Waals surface area (Å²) in [7, 11) is 1.57. The fourth-order valence-corrected chi connectivity index (χ4v) is 1.25. The van der Waals surface area contributed by atoms with Crippen molar-refractivity contribution in [1.82, 2.24) is 10.3 Å². The normalized spacial score (nSPS) is 14.7. The molecular weight excluding hydrogens is 194 g/mol. The predicted molar refractivity (Wildman–Crippen MR) is 55.7 cm³/mol. The molecule has 0 atom stereocenters. The van der Waals surface area contributed by atoms with E-state index >= 15 is 0 Å². The highest BCUT2D eigenvalue weighted by molar-refractivity contribution is 5.97. The molecule has 0 bridgehead atoms. The van der Waals surface area contributed by atoms with Gasteiger partial charge < -0.3 is 15.8 Å². The number of amides is 1. The van der Waals surface area contributed by atoms with Crippen LogP contribution in [0.2, 0.25) is 0 Å². The molecule has 1 aromatic rings. The largest absolute Gasteiger partial charge is 0.486 e. The predicted octanol–water partition coefficient (Wildman–Crippen LogP) is 0.565. The first-order chi connectivity index (χ1) is 7.22. The molecule has 0 unspecified atom stereocenters. The van der Waals surface area contributed by atoms with Crippen LogP contribution in [0.25, 0.3) is 0 Å². The first-order valence-electron chi connectivity index (χ1n) is 4.85. The third-order valence-electron chi connectivity index (χ3n) is 2.21. The molecule has 0 saturated heterocycles. The van der Waals surface area contributed by atoms with Gasteiger partial charge in [0.05, 0.1) is 11.7 Å². The average Bonchev–Trinajstić information content (AvgIpc) is 3.04. The zero-order valence-electron chi connectivity index (χ0n) is 8.49. The summed E-state index contributed by atoms with van der Waals surface area (Å²) < 4.78 is 5.56. The molecule has 3 N–H and O–H groups in total. The summed E-state index contributed by atoms with van der Waals surface area (Å²) >= 11 is 0. The minimum Gasteiger partial charge on any atom is -0.486 e. The topological polar surface area (TPSA) is 77.2 Å². The van der Waals surface area contributed by atoms with Crippen LogP contribution in [0.4, 0.5) is 5.82 Å². The lowest BCUT2D eigenvalue weighted by atomic mass is 10.2. The van der Waals surface area contributed by atoms with Crippen LogP contribution in [0, 0.1) is 0 Å². The maximum absolute atomic E-state index is 11.5. The van der Waals surface area contributed by atoms with Crippen molar-refractivity contribution in [3.8, 4) is 5.75 Å². The van der Waals surface area contributed by atoms with Gasteiger partial charge in [0, 0.05) is 13.2 Å². The number of aromatic nitrogens is 1. The molecule has 0 aromatic carbocycles. The molecule has 1 saturated carbocycles. The third-order valence-corrected chi connectivity index (χ3v) is 2.21. The number of carbonyl (C=O) groups excluding carboxylic acids is 1. The number of ether oxygens (including phenoxy) is 1. The van der Waals surface area contributed by atoms with E-state index < -0.39 is 0 Å². The minimum atomic E-state index is -0.209. The summed E-state index contributed by atoms with van der Waals surface area (Å²) in [5.74, 6) is 0.460. The minimum absolute atomic E-state index is 0.194. The van der Waals surface area contributed by atoms with Gasteiger partial charge in [0.2, 0.25) is 0 Å². The molecule has 1 fully saturated rings. The van der Waals surface area contributed by atoms with Crippen molar-refractivity contribution in [2.75, 3.05) is 12.8 Å². The second-order valence-electron chi connectivity index (χ2n) is 3.47. The molecule has 1 aliphatic carbocycles. The van der Waals surface area contributed by atoms with Gasteiger partial charge in [-0.1, -0.05) is 0 Å². The van der Waals surface area contributed by atoms with Gasteiger partial charge in [0.1, 0.15) is 0 Å². The molecule has 0 aliphatic heterocycles. The van der Waals surface area contributed by atoms with Crippen LogP contribution in [0.5, 0.6) is 5.75 Å². The van der Waals surface area contributed by atoms with E-state index in [4.69, 9.17) is 10.5 Å². The van der Waals surface area contributed by atoms with Crippen molar-refractivity contribution < 1.29 is 9.53 Å². The fraction of sp³-hybridized carbons (Fsp3) is 0.400. The molecular formula is C10H13N3O2. The molecule has 1 aliphatic rings. The summed E-state index contributed by atoms with van der Waals surface area (Å²) in [5, 5.41) is 2.54. The van der Waals surface area contributed by atoms with Crippen molar-refractivity contribution in [3.05, 3.63) is 17.8 Å². The Bertz CT molecular complexity index is 388. The molecule has 80 valence electrons. The van der Waals surface area contributed by atoms with Crippen LogP contribution in [0.3, 0.4) is 0 Å². The van der Waals surface area contributed by atoms with Gasteiger partial charge in [0.25, 0.3) is 5.91 Å². The van der Waals surface area contributed by atoms with E-state index in [9.17, 15) is 4.79 Å². The zero-order valence-corrected chi connectivity index (χ0v) is 8.49. The van der Waals surface area contributed by atoms with E-state index in [1.807, 2.05) is 0 Å². The Hall–Kier alpha value is -1.78. The van der Waals surface area contributed by atoms with Crippen molar-refractivity contribution in [3.63, 3.8) is 0 Å². The summed E-state index contributed by atoms with van der Waals surface area (Å²) in [5.41, 5.74) is 6.12. The summed E-state index contributed by atoms with van der Waals surface area (Å²) in [6.45, 7) is 0. The van der Waals surface area contributed by atoms with E-state index in [2.05, 4.69) is 10.3 Å². The molecule has 1 aromatic heterocycles. The lowest BCUT2D eigenvalue weighted by Gasteiger charge is -2.11. The van der Waals surface area contributed by atoms with Gasteiger partial charge in [0.15, 0.2) is 11.6 Å². The molecule has 5 nitrogen and oxygen atoms in total. The number of anilines is 1. The summed E-state index contributed by atoms with van der Waals surface area (Å²) in [6, 6.07) is 1.60. The number of rotatable bonds is 3. The molecule has 0 radical (unpaired) electrons. The first kappa shape index (κ1) is 9.76. The third kappa shape index (κ3) is 2.01. The lowest BCUT2D eigenvalue weighted by Crippen LogP contribution is -2.20. The standard InChI is InChI=1S/C10H13N3O2/c1-12-10(14)7-4-5-13-9(11)8(7)15-6-2-3-6/h4-6H,2-3H2,1H3,(H2,11,13)(H,12,14). The number of nitrogens with two attached hydrogens (primary N) is 1. The Morgan fingerprint density at radius 1 is 1.67 bits per heavy atom. The lowest BCUT2D eigenvalue weighted by molar-refractivity contribution is 0.0958. The van der Waals surface area contributed by atoms with Crippen molar-refractivity contribution in [1.29, 1.82) is 0 Å². The van der Waals surface area contributed by atoms with E-state index in [0.29, 0.717) is 11.3 Å². The summed E-state index contributed by atoms with van der Waals surface area (Å²) in [6.07, 6.45) is 3.72. The maximum atomic E-state index is 11.5. The molecule has 1 amide bonds. The van der Waals surface area contributed by atoms with Crippen LogP contribution in [-0.2, 0) is 0 Å². The van der Waals surface area contributed by atoms with E-state index in [-0.39, 0.29) is 17.8 Å². The SMILES string of the molecule is CNC(=O)c1ccnc(N)c1OC1CC1. The summed E-state index contributed by atoms with van der Waals surface area (Å²) in [4.78, 5) is 15.4. The van der Waals surface area contributed by atoms with Crippen molar-refractivity contribution >= 4 is 11.7 Å². The van der Waals surface area contributed by atoms with E-state index in [1.165, 1.54) is 6.20 Å². The highest BCUT2D eigenvalue weighted by Gasteiger charge is 2.27. The van der Waals surface area contributed by atoms with E-state index in [0.717, 1.165) is 12.8 Å². The van der Waals surface area contributed by atoms with Crippen LogP contribution in [0.1, 0.15) is 23.2 Å². The fourth-order valence-electron chi connectivity index (χ4n) is 1.25. The molecule has 1 heterocycles. The van der Waals surface area contributed by atoms with Crippen molar-refractivity contribution in [2.24, 2.45) is 0 Å². The van der Waals surface area contributed by atoms with Crippen LogP contribution in [-0.4, -0.2) is 24.0 Å². The number of hydrogen-bond donors (Lipinski definition) is 2. The number of hydrogen-bond acceptors (Lipinski definition) is 4. The maximum Gasteiger partial charge on any atom is 0.254 e. The Kier molecular flexibility index (Phi) is 2.45. The van der Waals surface area contributed by atoms with Gasteiger partial charge in [-0.25, -0.2) is 4.98 Å². The van der Waals surface area contributed by atoms with Gasteiger partial charge in [-0.2, -0.15) is 0 Å². The Morgan fingerprint density at radius 2 is 2.40 bits per heavy atom. The van der Waals surface area contributed by atoms with Gasteiger partial charge >= 0.3 is 0 Å². The van der Waals surface area contributed by atoms with E-state index in [1.54, 1.807) is 13.1 Å². The number of nitrogens with one attached hydrogen (secondary N) is 1. The Morgan fingerprint density at radius 3 is 3.00 bits per heavy atom. The van der Waals surface area contributed by atoms with Crippen LogP contribution >= 0.6 is 0 Å². The van der Waals surface area contributed by atoms with Crippen molar-refractivity contribution in [2.45, 2.75) is 18.9 Å². The number of nitrogens with zero attached hydrogens (tertiary/aromatic N) is 1. The second-order valence-corrected chi connectivity index (χ2v) is 3.47. The first-order valence-corrected chi connectivity index (χ1v) is 4.85. The van der Waals surface area contributed by atoms with Crippen LogP contribution < -0.4 is 15.8 Å². The number of carbonyl (C=O) groups is 1. The highest BCUT2D eigenvalue weighted by atomic mass is 16.5. The average molecular weight is 207 g/mol. The Balaban J connectivity index is 2.33. The second kappa shape index (κ2) is 3.76. The highest BCUT2D eigenvalue weighted by Crippen LogP contribution is 2.32. The van der Waals surface area contributed by atoms with Crippen LogP contribution in [0.15, 0.2) is 12.3 Å². The smallest absolute Gasteiger partial charge is 0.254 e. The molecule has 2 rings (SSSR count). The van der Waals surface area contributed by atoms with Gasteiger partial charge in [-0.3, -0.25) is 4.79 Å². The monoisotopic (exact) mass is 207 g/mol.